The predicted octanol–water partition coefficient (Wildman–Crippen LogP) is 1.98. The van der Waals surface area contributed by atoms with Crippen molar-refractivity contribution in [2.45, 2.75) is 19.4 Å². The van der Waals surface area contributed by atoms with Crippen molar-refractivity contribution in [3.8, 4) is 5.95 Å². The Labute approximate surface area is 224 Å². The van der Waals surface area contributed by atoms with Crippen LogP contribution in [0.25, 0.3) is 27.3 Å². The lowest BCUT2D eigenvalue weighted by atomic mass is 10.1. The van der Waals surface area contributed by atoms with Crippen LogP contribution in [0.3, 0.4) is 0 Å². The average Bonchev–Trinajstić information content (AvgIpc) is 3.54. The highest BCUT2D eigenvalue weighted by Crippen LogP contribution is 2.32. The molecule has 1 aromatic carbocycles. The maximum absolute atomic E-state index is 13.4. The largest absolute Gasteiger partial charge is 0.379 e. The SMILES string of the molecule is CCc1nc2ccccc2n1-c1nc(N2CCOCC2)c2nc(C(=O)N3CC(N4CCOCC4)C3)sc2n1. The minimum Gasteiger partial charge on any atom is -0.379 e. The Morgan fingerprint density at radius 2 is 1.71 bits per heavy atom. The first-order valence-electron chi connectivity index (χ1n) is 13.3. The number of rotatable bonds is 5. The third-order valence-electron chi connectivity index (χ3n) is 7.58. The Balaban J connectivity index is 1.26. The van der Waals surface area contributed by atoms with Gasteiger partial charge in [-0.05, 0) is 12.1 Å². The van der Waals surface area contributed by atoms with E-state index in [2.05, 4.69) is 16.7 Å². The molecule has 3 saturated heterocycles. The smallest absolute Gasteiger partial charge is 0.283 e. The van der Waals surface area contributed by atoms with Gasteiger partial charge in [-0.25, -0.2) is 9.97 Å². The molecule has 198 valence electrons. The Morgan fingerprint density at radius 3 is 2.47 bits per heavy atom. The van der Waals surface area contributed by atoms with Crippen LogP contribution in [0.15, 0.2) is 24.3 Å². The molecule has 3 aromatic heterocycles. The molecule has 12 heteroatoms. The average molecular weight is 535 g/mol. The number of nitrogens with zero attached hydrogens (tertiary/aromatic N) is 8. The van der Waals surface area contributed by atoms with Crippen LogP contribution in [0.1, 0.15) is 22.6 Å². The predicted molar refractivity (Wildman–Crippen MR) is 144 cm³/mol. The molecule has 0 saturated carbocycles. The standard InChI is InChI=1S/C26H30N8O3S/c1-2-20-27-18-5-3-4-6-19(18)34(20)26-29-22(32-9-13-37-14-10-32)21-23(30-26)38-24(28-21)25(35)33-15-17(16-33)31-7-11-36-12-8-31/h3-6,17H,2,7-16H2,1H3. The van der Waals surface area contributed by atoms with Gasteiger partial charge in [0.2, 0.25) is 5.95 Å². The summed E-state index contributed by atoms with van der Waals surface area (Å²) < 4.78 is 13.1. The van der Waals surface area contributed by atoms with E-state index >= 15 is 0 Å². The number of fused-ring (bicyclic) bond motifs is 2. The lowest BCUT2D eigenvalue weighted by Gasteiger charge is -2.46. The fraction of sp³-hybridized carbons (Fsp3) is 0.500. The third kappa shape index (κ3) is 4.12. The number of hydrogen-bond donors (Lipinski definition) is 0. The van der Waals surface area contributed by atoms with Crippen molar-refractivity contribution < 1.29 is 14.3 Å². The lowest BCUT2D eigenvalue weighted by Crippen LogP contribution is -2.62. The van der Waals surface area contributed by atoms with Crippen LogP contribution in [-0.2, 0) is 15.9 Å². The summed E-state index contributed by atoms with van der Waals surface area (Å²) in [4.78, 5) is 40.3. The summed E-state index contributed by atoms with van der Waals surface area (Å²) in [6.45, 7) is 9.60. The number of hydrogen-bond acceptors (Lipinski definition) is 10. The number of imidazole rings is 1. The number of thiazole rings is 1. The number of likely N-dealkylation sites (tertiary alicyclic amines) is 1. The van der Waals surface area contributed by atoms with E-state index in [9.17, 15) is 4.79 Å². The highest BCUT2D eigenvalue weighted by molar-refractivity contribution is 7.20. The molecule has 0 bridgehead atoms. The van der Waals surface area contributed by atoms with Crippen molar-refractivity contribution in [3.05, 3.63) is 35.1 Å². The second kappa shape index (κ2) is 9.84. The highest BCUT2D eigenvalue weighted by atomic mass is 32.1. The molecule has 0 atom stereocenters. The van der Waals surface area contributed by atoms with E-state index in [1.807, 2.05) is 33.7 Å². The minimum atomic E-state index is -0.0330. The van der Waals surface area contributed by atoms with Crippen LogP contribution in [0.4, 0.5) is 5.82 Å². The molecule has 38 heavy (non-hydrogen) atoms. The zero-order chi connectivity index (χ0) is 25.6. The summed E-state index contributed by atoms with van der Waals surface area (Å²) in [6, 6.07) is 8.44. The summed E-state index contributed by atoms with van der Waals surface area (Å²) in [5.74, 6) is 2.17. The van der Waals surface area contributed by atoms with Gasteiger partial charge < -0.3 is 19.3 Å². The first kappa shape index (κ1) is 23.9. The number of anilines is 1. The number of aryl methyl sites for hydroxylation is 1. The number of amides is 1. The highest BCUT2D eigenvalue weighted by Gasteiger charge is 2.37. The van der Waals surface area contributed by atoms with Crippen LogP contribution in [0.2, 0.25) is 0 Å². The van der Waals surface area contributed by atoms with Crippen molar-refractivity contribution in [3.63, 3.8) is 0 Å². The van der Waals surface area contributed by atoms with E-state index < -0.39 is 0 Å². The van der Waals surface area contributed by atoms with E-state index in [0.29, 0.717) is 53.6 Å². The first-order valence-corrected chi connectivity index (χ1v) is 14.1. The number of morpholine rings is 2. The van der Waals surface area contributed by atoms with Gasteiger partial charge in [-0.3, -0.25) is 14.3 Å². The van der Waals surface area contributed by atoms with Gasteiger partial charge in [0.1, 0.15) is 11.3 Å². The number of aromatic nitrogens is 5. The van der Waals surface area contributed by atoms with Gasteiger partial charge in [0.15, 0.2) is 15.7 Å². The van der Waals surface area contributed by atoms with Crippen molar-refractivity contribution >= 4 is 44.4 Å². The second-order valence-electron chi connectivity index (χ2n) is 9.84. The van der Waals surface area contributed by atoms with Gasteiger partial charge in [-0.1, -0.05) is 30.4 Å². The van der Waals surface area contributed by atoms with Crippen LogP contribution < -0.4 is 4.90 Å². The molecule has 0 unspecified atom stereocenters. The molecule has 7 rings (SSSR count). The van der Waals surface area contributed by atoms with Crippen LogP contribution >= 0.6 is 11.3 Å². The van der Waals surface area contributed by atoms with Crippen molar-refractivity contribution in [1.82, 2.24) is 34.3 Å². The molecule has 0 radical (unpaired) electrons. The zero-order valence-corrected chi connectivity index (χ0v) is 22.2. The van der Waals surface area contributed by atoms with Crippen molar-refractivity contribution in [2.75, 3.05) is 70.6 Å². The molecule has 4 aromatic rings. The number of carbonyl (C=O) groups excluding carboxylic acids is 1. The molecule has 11 nitrogen and oxygen atoms in total. The fourth-order valence-corrected chi connectivity index (χ4v) is 6.35. The van der Waals surface area contributed by atoms with Crippen molar-refractivity contribution in [1.29, 1.82) is 0 Å². The molecule has 3 aliphatic rings. The van der Waals surface area contributed by atoms with E-state index in [-0.39, 0.29) is 5.91 Å². The second-order valence-corrected chi connectivity index (χ2v) is 10.8. The van der Waals surface area contributed by atoms with E-state index in [1.54, 1.807) is 0 Å². The first-order chi connectivity index (χ1) is 18.7. The number of para-hydroxylation sites is 2. The van der Waals surface area contributed by atoms with Crippen LogP contribution in [0, 0.1) is 0 Å². The molecule has 3 aliphatic heterocycles. The van der Waals surface area contributed by atoms with Gasteiger partial charge in [-0.2, -0.15) is 9.97 Å². The summed E-state index contributed by atoms with van der Waals surface area (Å²) in [7, 11) is 0. The van der Waals surface area contributed by atoms with Crippen molar-refractivity contribution in [2.24, 2.45) is 0 Å². The monoisotopic (exact) mass is 534 g/mol. The topological polar surface area (TPSA) is 102 Å². The number of carbonyl (C=O) groups is 1. The Morgan fingerprint density at radius 1 is 0.974 bits per heavy atom. The lowest BCUT2D eigenvalue weighted by molar-refractivity contribution is -0.0256. The Kier molecular flexibility index (Phi) is 6.19. The van der Waals surface area contributed by atoms with Crippen LogP contribution in [0.5, 0.6) is 0 Å². The fourth-order valence-electron chi connectivity index (χ4n) is 5.45. The third-order valence-corrected chi connectivity index (χ3v) is 8.52. The van der Waals surface area contributed by atoms with E-state index in [1.165, 1.54) is 11.3 Å². The normalized spacial score (nSPS) is 19.4. The molecular weight excluding hydrogens is 504 g/mol. The Bertz CT molecular complexity index is 1480. The van der Waals surface area contributed by atoms with Gasteiger partial charge in [0.25, 0.3) is 5.91 Å². The number of benzene rings is 1. The molecule has 0 aliphatic carbocycles. The minimum absolute atomic E-state index is 0.0330. The molecule has 3 fully saturated rings. The van der Waals surface area contributed by atoms with Gasteiger partial charge in [0, 0.05) is 51.7 Å². The van der Waals surface area contributed by atoms with Gasteiger partial charge >= 0.3 is 0 Å². The molecule has 1 amide bonds. The quantitative estimate of drug-likeness (QED) is 0.380. The maximum Gasteiger partial charge on any atom is 0.283 e. The molecule has 0 N–H and O–H groups in total. The van der Waals surface area contributed by atoms with Crippen LogP contribution in [-0.4, -0.2) is 112 Å². The van der Waals surface area contributed by atoms with Gasteiger partial charge in [-0.15, -0.1) is 0 Å². The van der Waals surface area contributed by atoms with Gasteiger partial charge in [0.05, 0.1) is 37.5 Å². The maximum atomic E-state index is 13.4. The van der Waals surface area contributed by atoms with E-state index in [0.717, 1.165) is 68.5 Å². The molecule has 0 spiro atoms. The zero-order valence-electron chi connectivity index (χ0n) is 21.4. The summed E-state index contributed by atoms with van der Waals surface area (Å²) in [6.07, 6.45) is 0.745. The summed E-state index contributed by atoms with van der Waals surface area (Å²) in [5.41, 5.74) is 2.55. The Hall–Kier alpha value is -3.19. The molecule has 6 heterocycles. The number of ether oxygens (including phenoxy) is 2. The summed E-state index contributed by atoms with van der Waals surface area (Å²) >= 11 is 1.35. The van der Waals surface area contributed by atoms with E-state index in [4.69, 9.17) is 29.4 Å². The molecular formula is C26H30N8O3S. The summed E-state index contributed by atoms with van der Waals surface area (Å²) in [5, 5.41) is 0.465.